The van der Waals surface area contributed by atoms with E-state index in [-0.39, 0.29) is 0 Å². The van der Waals surface area contributed by atoms with E-state index in [1.54, 1.807) is 0 Å². The summed E-state index contributed by atoms with van der Waals surface area (Å²) in [6.07, 6.45) is 4.00. The van der Waals surface area contributed by atoms with Crippen molar-refractivity contribution in [2.75, 3.05) is 5.33 Å². The van der Waals surface area contributed by atoms with Gasteiger partial charge in [0.05, 0.1) is 0 Å². The van der Waals surface area contributed by atoms with Gasteiger partial charge >= 0.3 is 0 Å². The van der Waals surface area contributed by atoms with Gasteiger partial charge < -0.3 is 0 Å². The zero-order chi connectivity index (χ0) is 10.9. The average Bonchev–Trinajstić information content (AvgIpc) is 2.15. The smallest absolute Gasteiger partial charge is 0.00913 e. The lowest BCUT2D eigenvalue weighted by atomic mass is 9.61. The van der Waals surface area contributed by atoms with E-state index in [9.17, 15) is 0 Å². The first-order chi connectivity index (χ1) is 7.13. The van der Waals surface area contributed by atoms with Gasteiger partial charge in [0.25, 0.3) is 0 Å². The Bertz CT molecular complexity index is 337. The minimum absolute atomic E-state index is 0.549. The molecule has 0 radical (unpaired) electrons. The van der Waals surface area contributed by atoms with Crippen molar-refractivity contribution in [3.8, 4) is 0 Å². The van der Waals surface area contributed by atoms with Gasteiger partial charge in [-0.05, 0) is 43.1 Å². The molecule has 0 bridgehead atoms. The van der Waals surface area contributed by atoms with Crippen LogP contribution < -0.4 is 0 Å². The van der Waals surface area contributed by atoms with E-state index in [0.29, 0.717) is 5.41 Å². The van der Waals surface area contributed by atoms with E-state index in [0.717, 1.165) is 11.2 Å². The Morgan fingerprint density at radius 1 is 1.40 bits per heavy atom. The standard InChI is InChI=1S/C14H19Br/c1-11-4-3-5-13(6-11)9-14(10-15)7-12(2)8-14/h3-6,12H,7-10H2,1-2H3. The monoisotopic (exact) mass is 266 g/mol. The van der Waals surface area contributed by atoms with Gasteiger partial charge in [0.15, 0.2) is 0 Å². The van der Waals surface area contributed by atoms with Gasteiger partial charge in [0, 0.05) is 5.33 Å². The Hall–Kier alpha value is -0.300. The number of hydrogen-bond donors (Lipinski definition) is 0. The van der Waals surface area contributed by atoms with Crippen molar-refractivity contribution in [1.29, 1.82) is 0 Å². The van der Waals surface area contributed by atoms with Crippen molar-refractivity contribution in [3.05, 3.63) is 35.4 Å². The van der Waals surface area contributed by atoms with Crippen LogP contribution in [0.1, 0.15) is 30.9 Å². The second-order valence-electron chi connectivity index (χ2n) is 5.31. The molecule has 1 aromatic carbocycles. The van der Waals surface area contributed by atoms with Crippen molar-refractivity contribution >= 4 is 15.9 Å². The second kappa shape index (κ2) is 4.29. The lowest BCUT2D eigenvalue weighted by Gasteiger charge is -2.46. The molecular formula is C14H19Br. The van der Waals surface area contributed by atoms with Crippen LogP contribution in [0.5, 0.6) is 0 Å². The van der Waals surface area contributed by atoms with Crippen LogP contribution in [0.4, 0.5) is 0 Å². The summed E-state index contributed by atoms with van der Waals surface area (Å²) >= 11 is 3.69. The second-order valence-corrected chi connectivity index (χ2v) is 5.87. The maximum atomic E-state index is 3.69. The van der Waals surface area contributed by atoms with Crippen LogP contribution in [0, 0.1) is 18.3 Å². The predicted octanol–water partition coefficient (Wildman–Crippen LogP) is 4.35. The molecule has 0 nitrogen and oxygen atoms in total. The van der Waals surface area contributed by atoms with Gasteiger partial charge in [-0.1, -0.05) is 52.7 Å². The first-order valence-corrected chi connectivity index (χ1v) is 6.87. The molecule has 2 rings (SSSR count). The van der Waals surface area contributed by atoms with Crippen LogP contribution in [0.15, 0.2) is 24.3 Å². The third-order valence-corrected chi connectivity index (χ3v) is 4.70. The van der Waals surface area contributed by atoms with E-state index in [4.69, 9.17) is 0 Å². The molecule has 0 N–H and O–H groups in total. The largest absolute Gasteiger partial charge is 0.0922 e. The Balaban J connectivity index is 2.07. The SMILES string of the molecule is Cc1cccc(CC2(CBr)CC(C)C2)c1. The third kappa shape index (κ3) is 2.44. The third-order valence-electron chi connectivity index (χ3n) is 3.51. The van der Waals surface area contributed by atoms with E-state index in [1.165, 1.54) is 30.4 Å². The molecule has 0 amide bonds. The average molecular weight is 267 g/mol. The van der Waals surface area contributed by atoms with Gasteiger partial charge in [-0.3, -0.25) is 0 Å². The fourth-order valence-corrected chi connectivity index (χ4v) is 3.63. The Morgan fingerprint density at radius 2 is 2.13 bits per heavy atom. The zero-order valence-electron chi connectivity index (χ0n) is 9.59. The maximum Gasteiger partial charge on any atom is 0.00913 e. The molecule has 1 saturated carbocycles. The molecule has 1 heteroatoms. The minimum atomic E-state index is 0.549. The summed E-state index contributed by atoms with van der Waals surface area (Å²) in [4.78, 5) is 0. The molecule has 0 unspecified atom stereocenters. The summed E-state index contributed by atoms with van der Waals surface area (Å²) < 4.78 is 0. The number of rotatable bonds is 3. The number of halogens is 1. The molecule has 0 heterocycles. The van der Waals surface area contributed by atoms with Gasteiger partial charge in [-0.15, -0.1) is 0 Å². The summed E-state index contributed by atoms with van der Waals surface area (Å²) in [6, 6.07) is 8.94. The number of aryl methyl sites for hydroxylation is 1. The maximum absolute atomic E-state index is 3.69. The van der Waals surface area contributed by atoms with Crippen LogP contribution in [-0.2, 0) is 6.42 Å². The predicted molar refractivity (Wildman–Crippen MR) is 69.5 cm³/mol. The van der Waals surface area contributed by atoms with Crippen LogP contribution in [-0.4, -0.2) is 5.33 Å². The molecule has 0 aliphatic heterocycles. The first-order valence-electron chi connectivity index (χ1n) is 5.75. The number of hydrogen-bond acceptors (Lipinski definition) is 0. The summed E-state index contributed by atoms with van der Waals surface area (Å²) in [5, 5.41) is 1.15. The molecule has 0 atom stereocenters. The molecule has 0 aromatic heterocycles. The highest BCUT2D eigenvalue weighted by Crippen LogP contribution is 2.48. The topological polar surface area (TPSA) is 0 Å². The van der Waals surface area contributed by atoms with Crippen LogP contribution in [0.3, 0.4) is 0 Å². The number of benzene rings is 1. The fourth-order valence-electron chi connectivity index (χ4n) is 2.97. The molecular weight excluding hydrogens is 248 g/mol. The zero-order valence-corrected chi connectivity index (χ0v) is 11.2. The van der Waals surface area contributed by atoms with E-state index < -0.39 is 0 Å². The Morgan fingerprint density at radius 3 is 2.67 bits per heavy atom. The summed E-state index contributed by atoms with van der Waals surface area (Å²) in [5.74, 6) is 0.923. The Kier molecular flexibility index (Phi) is 3.20. The Labute approximate surface area is 101 Å². The lowest BCUT2D eigenvalue weighted by molar-refractivity contribution is 0.0955. The highest BCUT2D eigenvalue weighted by Gasteiger charge is 2.40. The van der Waals surface area contributed by atoms with Crippen molar-refractivity contribution in [1.82, 2.24) is 0 Å². The molecule has 1 aliphatic carbocycles. The highest BCUT2D eigenvalue weighted by atomic mass is 79.9. The number of alkyl halides is 1. The molecule has 82 valence electrons. The van der Waals surface area contributed by atoms with Crippen molar-refractivity contribution in [2.45, 2.75) is 33.1 Å². The van der Waals surface area contributed by atoms with Crippen LogP contribution >= 0.6 is 15.9 Å². The summed E-state index contributed by atoms with van der Waals surface area (Å²) in [6.45, 7) is 4.53. The fraction of sp³-hybridized carbons (Fsp3) is 0.571. The van der Waals surface area contributed by atoms with Gasteiger partial charge in [0.1, 0.15) is 0 Å². The van der Waals surface area contributed by atoms with Gasteiger partial charge in [0.2, 0.25) is 0 Å². The van der Waals surface area contributed by atoms with E-state index in [2.05, 4.69) is 54.0 Å². The molecule has 1 aliphatic rings. The van der Waals surface area contributed by atoms with Crippen LogP contribution in [0.25, 0.3) is 0 Å². The lowest BCUT2D eigenvalue weighted by Crippen LogP contribution is -2.39. The van der Waals surface area contributed by atoms with Gasteiger partial charge in [-0.25, -0.2) is 0 Å². The van der Waals surface area contributed by atoms with Crippen molar-refractivity contribution < 1.29 is 0 Å². The van der Waals surface area contributed by atoms with Crippen LogP contribution in [0.2, 0.25) is 0 Å². The normalized spacial score (nSPS) is 29.9. The molecule has 1 aromatic rings. The minimum Gasteiger partial charge on any atom is -0.0922 e. The molecule has 0 saturated heterocycles. The van der Waals surface area contributed by atoms with Crippen molar-refractivity contribution in [2.24, 2.45) is 11.3 Å². The van der Waals surface area contributed by atoms with E-state index >= 15 is 0 Å². The van der Waals surface area contributed by atoms with Gasteiger partial charge in [-0.2, -0.15) is 0 Å². The van der Waals surface area contributed by atoms with E-state index in [1.807, 2.05) is 0 Å². The molecule has 15 heavy (non-hydrogen) atoms. The first kappa shape index (κ1) is 11.2. The molecule has 0 spiro atoms. The summed E-state index contributed by atoms with van der Waals surface area (Å²) in [5.41, 5.74) is 3.43. The quantitative estimate of drug-likeness (QED) is 0.714. The summed E-state index contributed by atoms with van der Waals surface area (Å²) in [7, 11) is 0. The van der Waals surface area contributed by atoms with Crippen molar-refractivity contribution in [3.63, 3.8) is 0 Å². The highest BCUT2D eigenvalue weighted by molar-refractivity contribution is 9.09. The molecule has 1 fully saturated rings.